The number of methoxy groups -OCH3 is 1. The second-order valence-electron chi connectivity index (χ2n) is 11.5. The van der Waals surface area contributed by atoms with E-state index in [2.05, 4.69) is 77.3 Å². The third-order valence-electron chi connectivity index (χ3n) is 8.27. The molecule has 4 N–H and O–H groups in total. The second-order valence-corrected chi connectivity index (χ2v) is 14.4. The van der Waals surface area contributed by atoms with Gasteiger partial charge in [0.2, 0.25) is 16.0 Å². The van der Waals surface area contributed by atoms with Crippen LogP contribution in [0.2, 0.25) is 5.02 Å². The van der Waals surface area contributed by atoms with Gasteiger partial charge in [0.15, 0.2) is 0 Å². The summed E-state index contributed by atoms with van der Waals surface area (Å²) in [4.78, 5) is 16.7. The number of rotatable bonds is 9. The van der Waals surface area contributed by atoms with E-state index in [0.29, 0.717) is 44.3 Å². The monoisotopic (exact) mass is 706 g/mol. The van der Waals surface area contributed by atoms with Crippen LogP contribution in [0.3, 0.4) is 0 Å². The summed E-state index contributed by atoms with van der Waals surface area (Å²) in [5, 5.41) is 12.2. The van der Waals surface area contributed by atoms with Crippen LogP contribution in [0.1, 0.15) is 30.4 Å². The molecular weight excluding hydrogens is 668 g/mol. The summed E-state index contributed by atoms with van der Waals surface area (Å²) < 4.78 is 30.0. The van der Waals surface area contributed by atoms with Gasteiger partial charge in [0, 0.05) is 60.9 Å². The Balaban J connectivity index is 1.31. The lowest BCUT2D eigenvalue weighted by atomic mass is 10.0. The number of nitrogens with zero attached hydrogens (tertiary/aromatic N) is 5. The number of nitrogens with two attached hydrogens (primary N) is 1. The third-order valence-corrected chi connectivity index (χ3v) is 9.79. The fourth-order valence-electron chi connectivity index (χ4n) is 5.96. The summed E-state index contributed by atoms with van der Waals surface area (Å²) >= 11 is 9.69. The maximum atomic E-state index is 11.8. The minimum absolute atomic E-state index is 0.333. The molecule has 2 aromatic carbocycles. The van der Waals surface area contributed by atoms with E-state index in [0.717, 1.165) is 50.3 Å². The smallest absolute Gasteiger partial charge is 0.229 e. The number of likely N-dealkylation sites (N-methyl/N-ethyl adjacent to an activating group) is 1. The van der Waals surface area contributed by atoms with E-state index in [4.69, 9.17) is 21.5 Å². The fourth-order valence-corrected chi connectivity index (χ4v) is 7.11. The summed E-state index contributed by atoms with van der Waals surface area (Å²) in [6.07, 6.45) is 5.15. The molecule has 14 heteroatoms. The second kappa shape index (κ2) is 14.2. The van der Waals surface area contributed by atoms with E-state index in [1.807, 2.05) is 0 Å². The van der Waals surface area contributed by atoms with Crippen molar-refractivity contribution in [1.29, 1.82) is 0 Å². The van der Waals surface area contributed by atoms with Crippen molar-refractivity contribution in [2.45, 2.75) is 38.0 Å². The number of hydrogen-bond donors (Lipinski definition) is 3. The maximum Gasteiger partial charge on any atom is 0.229 e. The van der Waals surface area contributed by atoms with Crippen molar-refractivity contribution in [3.63, 3.8) is 0 Å². The third kappa shape index (κ3) is 8.32. The number of aryl methyl sites for hydroxylation is 1. The highest BCUT2D eigenvalue weighted by Gasteiger charge is 2.27. The Labute approximate surface area is 273 Å². The molecule has 2 aliphatic heterocycles. The Morgan fingerprint density at radius 2 is 1.84 bits per heavy atom. The first kappa shape index (κ1) is 32.7. The molecule has 238 valence electrons. The molecule has 44 heavy (non-hydrogen) atoms. The van der Waals surface area contributed by atoms with Gasteiger partial charge in [0.1, 0.15) is 11.6 Å². The SMILES string of the molecule is COc1cc(N2CCC(N3CCCN(C)CC3)CC2)c(C)cc1Nc1ncc(Br)c(Nc2cc(Cl)ccc2CS(N)(=O)=O)n1. The molecule has 1 aromatic heterocycles. The molecule has 0 spiro atoms. The largest absolute Gasteiger partial charge is 0.494 e. The number of piperidine rings is 1. The highest BCUT2D eigenvalue weighted by molar-refractivity contribution is 9.10. The van der Waals surface area contributed by atoms with Gasteiger partial charge in [-0.15, -0.1) is 0 Å². The molecule has 2 aliphatic rings. The van der Waals surface area contributed by atoms with Gasteiger partial charge >= 0.3 is 0 Å². The highest BCUT2D eigenvalue weighted by atomic mass is 79.9. The molecule has 5 rings (SSSR count). The first-order valence-corrected chi connectivity index (χ1v) is 17.6. The number of primary sulfonamides is 1. The highest BCUT2D eigenvalue weighted by Crippen LogP contribution is 2.37. The summed E-state index contributed by atoms with van der Waals surface area (Å²) in [5.41, 5.74) is 3.98. The molecule has 3 heterocycles. The Morgan fingerprint density at radius 3 is 2.57 bits per heavy atom. The Hall–Kier alpha value is -2.68. The van der Waals surface area contributed by atoms with Crippen LogP contribution in [-0.4, -0.2) is 87.7 Å². The topological polar surface area (TPSA) is 129 Å². The van der Waals surface area contributed by atoms with Crippen LogP contribution in [0.15, 0.2) is 41.0 Å². The number of halogens is 2. The van der Waals surface area contributed by atoms with Crippen molar-refractivity contribution in [2.24, 2.45) is 5.14 Å². The van der Waals surface area contributed by atoms with Crippen LogP contribution < -0.4 is 25.4 Å². The molecule has 0 radical (unpaired) electrons. The van der Waals surface area contributed by atoms with Gasteiger partial charge in [-0.1, -0.05) is 17.7 Å². The predicted octanol–water partition coefficient (Wildman–Crippen LogP) is 5.09. The minimum Gasteiger partial charge on any atom is -0.494 e. The average Bonchev–Trinajstić information content (AvgIpc) is 3.20. The number of hydrogen-bond acceptors (Lipinski definition) is 10. The van der Waals surface area contributed by atoms with E-state index in [1.165, 1.54) is 25.2 Å². The molecule has 0 bridgehead atoms. The number of sulfonamides is 1. The molecule has 0 amide bonds. The van der Waals surface area contributed by atoms with Crippen molar-refractivity contribution in [2.75, 3.05) is 69.0 Å². The average molecular weight is 708 g/mol. The van der Waals surface area contributed by atoms with Crippen molar-refractivity contribution >= 4 is 66.4 Å². The van der Waals surface area contributed by atoms with Gasteiger partial charge in [-0.2, -0.15) is 4.98 Å². The molecule has 3 aromatic rings. The van der Waals surface area contributed by atoms with Gasteiger partial charge in [-0.25, -0.2) is 18.5 Å². The van der Waals surface area contributed by atoms with E-state index in [9.17, 15) is 8.42 Å². The lowest BCUT2D eigenvalue weighted by Crippen LogP contribution is -2.46. The molecular formula is C30H40BrClN8O3S. The van der Waals surface area contributed by atoms with E-state index >= 15 is 0 Å². The van der Waals surface area contributed by atoms with Crippen molar-refractivity contribution < 1.29 is 13.2 Å². The van der Waals surface area contributed by atoms with Crippen LogP contribution in [0.4, 0.5) is 28.8 Å². The van der Waals surface area contributed by atoms with Gasteiger partial charge < -0.3 is 25.2 Å². The van der Waals surface area contributed by atoms with Crippen LogP contribution in [0.25, 0.3) is 0 Å². The maximum absolute atomic E-state index is 11.8. The normalized spacial score (nSPS) is 17.4. The number of aromatic nitrogens is 2. The van der Waals surface area contributed by atoms with Crippen LogP contribution in [-0.2, 0) is 15.8 Å². The minimum atomic E-state index is -3.76. The molecule has 0 atom stereocenters. The van der Waals surface area contributed by atoms with Crippen molar-refractivity contribution in [3.05, 3.63) is 57.2 Å². The lowest BCUT2D eigenvalue weighted by molar-refractivity contribution is 0.174. The van der Waals surface area contributed by atoms with E-state index in [-0.39, 0.29) is 5.75 Å². The lowest BCUT2D eigenvalue weighted by Gasteiger charge is -2.39. The quantitative estimate of drug-likeness (QED) is 0.277. The standard InChI is InChI=1S/C30H40BrClN8O3S/c1-20-15-26(28(43-3)17-27(20)40-11-7-23(8-12-40)39-10-4-9-38(2)13-14-39)36-30-34-18-24(31)29(37-30)35-25-16-22(32)6-5-21(25)19-44(33,41)42/h5-6,15-18,23H,4,7-14,19H2,1-3H3,(H2,33,41,42)(H2,34,35,36,37). The Bertz CT molecular complexity index is 1590. The van der Waals surface area contributed by atoms with Crippen LogP contribution in [0.5, 0.6) is 5.75 Å². The van der Waals surface area contributed by atoms with Crippen LogP contribution >= 0.6 is 27.5 Å². The first-order valence-electron chi connectivity index (χ1n) is 14.7. The zero-order valence-corrected chi connectivity index (χ0v) is 28.5. The predicted molar refractivity (Wildman–Crippen MR) is 181 cm³/mol. The van der Waals surface area contributed by atoms with E-state index in [1.54, 1.807) is 31.5 Å². The Kier molecular flexibility index (Phi) is 10.5. The summed E-state index contributed by atoms with van der Waals surface area (Å²) in [6, 6.07) is 9.65. The van der Waals surface area contributed by atoms with Gasteiger partial charge in [-0.05, 0) is 91.6 Å². The summed E-state index contributed by atoms with van der Waals surface area (Å²) in [7, 11) is 0.115. The molecule has 0 unspecified atom stereocenters. The first-order chi connectivity index (χ1) is 21.0. The van der Waals surface area contributed by atoms with E-state index < -0.39 is 10.0 Å². The fraction of sp³-hybridized carbons (Fsp3) is 0.467. The number of anilines is 5. The number of benzene rings is 2. The number of ether oxygens (including phenoxy) is 1. The van der Waals surface area contributed by atoms with Crippen molar-refractivity contribution in [3.8, 4) is 5.75 Å². The molecule has 0 saturated carbocycles. The molecule has 2 fully saturated rings. The summed E-state index contributed by atoms with van der Waals surface area (Å²) in [5.74, 6) is 1.10. The summed E-state index contributed by atoms with van der Waals surface area (Å²) in [6.45, 7) is 8.79. The molecule has 11 nitrogen and oxygen atoms in total. The Morgan fingerprint density at radius 1 is 1.07 bits per heavy atom. The van der Waals surface area contributed by atoms with Crippen molar-refractivity contribution in [1.82, 2.24) is 19.8 Å². The van der Waals surface area contributed by atoms with Gasteiger partial charge in [0.25, 0.3) is 0 Å². The van der Waals surface area contributed by atoms with Crippen LogP contribution in [0, 0.1) is 6.92 Å². The molecule has 2 saturated heterocycles. The zero-order valence-electron chi connectivity index (χ0n) is 25.3. The zero-order chi connectivity index (χ0) is 31.4. The van der Waals surface area contributed by atoms with Gasteiger partial charge in [-0.3, -0.25) is 4.90 Å². The molecule has 0 aliphatic carbocycles. The van der Waals surface area contributed by atoms with Gasteiger partial charge in [0.05, 0.1) is 23.0 Å². The number of nitrogens with one attached hydrogen (secondary N) is 2.